The van der Waals surface area contributed by atoms with Crippen molar-refractivity contribution in [3.63, 3.8) is 0 Å². The van der Waals surface area contributed by atoms with Crippen LogP contribution in [0, 0.1) is 3.57 Å². The van der Waals surface area contributed by atoms with Gasteiger partial charge in [0.25, 0.3) is 0 Å². The van der Waals surface area contributed by atoms with E-state index in [1.54, 1.807) is 0 Å². The molecule has 1 aromatic carbocycles. The molecule has 2 rings (SSSR count). The van der Waals surface area contributed by atoms with E-state index in [-0.39, 0.29) is 5.54 Å². The number of rotatable bonds is 3. The maximum absolute atomic E-state index is 12.2. The van der Waals surface area contributed by atoms with Crippen molar-refractivity contribution in [2.24, 2.45) is 0 Å². The lowest BCUT2D eigenvalue weighted by molar-refractivity contribution is -0.123. The average molecular weight is 329 g/mol. The average Bonchev–Trinajstić information content (AvgIpc) is 2.70. The molecule has 1 aliphatic heterocycles. The summed E-state index contributed by atoms with van der Waals surface area (Å²) < 4.78 is 1.21. The van der Waals surface area contributed by atoms with Crippen molar-refractivity contribution < 1.29 is 4.79 Å². The van der Waals surface area contributed by atoms with Crippen molar-refractivity contribution in [1.82, 2.24) is 5.32 Å². The molecule has 1 saturated heterocycles. The second kappa shape index (κ2) is 4.84. The number of halogens is 1. The number of ketones is 1. The predicted molar refractivity (Wildman–Crippen MR) is 73.5 cm³/mol. The van der Waals surface area contributed by atoms with Crippen LogP contribution in [0.4, 0.5) is 0 Å². The second-order valence-corrected chi connectivity index (χ2v) is 5.83. The summed E-state index contributed by atoms with van der Waals surface area (Å²) in [5, 5.41) is 3.31. The van der Waals surface area contributed by atoms with E-state index in [2.05, 4.69) is 27.9 Å². The van der Waals surface area contributed by atoms with E-state index in [4.69, 9.17) is 0 Å². The summed E-state index contributed by atoms with van der Waals surface area (Å²) in [4.78, 5) is 12.2. The summed E-state index contributed by atoms with van der Waals surface area (Å²) in [6.07, 6.45) is 2.62. The van der Waals surface area contributed by atoms with E-state index in [1.807, 2.05) is 31.2 Å². The van der Waals surface area contributed by atoms with E-state index >= 15 is 0 Å². The summed E-state index contributed by atoms with van der Waals surface area (Å²) >= 11 is 2.27. The summed E-state index contributed by atoms with van der Waals surface area (Å²) in [6.45, 7) is 2.99. The first-order valence-corrected chi connectivity index (χ1v) is 6.71. The van der Waals surface area contributed by atoms with Gasteiger partial charge in [0.15, 0.2) is 5.78 Å². The van der Waals surface area contributed by atoms with Crippen molar-refractivity contribution in [2.75, 3.05) is 6.54 Å². The van der Waals surface area contributed by atoms with E-state index < -0.39 is 0 Å². The van der Waals surface area contributed by atoms with Gasteiger partial charge in [0.2, 0.25) is 0 Å². The molecule has 0 aliphatic carbocycles. The van der Waals surface area contributed by atoms with Crippen molar-refractivity contribution in [3.05, 3.63) is 33.4 Å². The highest BCUT2D eigenvalue weighted by molar-refractivity contribution is 14.1. The SMILES string of the molecule is CC1(C(=O)Cc2ccc(I)cc2)CCCN1. The van der Waals surface area contributed by atoms with Gasteiger partial charge in [-0.25, -0.2) is 0 Å². The molecule has 1 aliphatic rings. The summed E-state index contributed by atoms with van der Waals surface area (Å²) in [5.74, 6) is 0.311. The molecule has 1 aromatic rings. The van der Waals surface area contributed by atoms with Crippen molar-refractivity contribution in [3.8, 4) is 0 Å². The molecule has 0 radical (unpaired) electrons. The third-order valence-corrected chi connectivity index (χ3v) is 3.98. The van der Waals surface area contributed by atoms with Gasteiger partial charge >= 0.3 is 0 Å². The number of carbonyl (C=O) groups is 1. The molecule has 1 fully saturated rings. The number of hydrogen-bond acceptors (Lipinski definition) is 2. The number of hydrogen-bond donors (Lipinski definition) is 1. The van der Waals surface area contributed by atoms with Crippen molar-refractivity contribution >= 4 is 28.4 Å². The van der Waals surface area contributed by atoms with Gasteiger partial charge in [-0.15, -0.1) is 0 Å². The number of benzene rings is 1. The van der Waals surface area contributed by atoms with E-state index in [9.17, 15) is 4.79 Å². The molecule has 3 heteroatoms. The minimum atomic E-state index is -0.289. The maximum Gasteiger partial charge on any atom is 0.156 e. The first-order valence-electron chi connectivity index (χ1n) is 5.63. The van der Waals surface area contributed by atoms with Crippen LogP contribution in [0.25, 0.3) is 0 Å². The first kappa shape index (κ1) is 12.0. The lowest BCUT2D eigenvalue weighted by atomic mass is 9.90. The Balaban J connectivity index is 2.04. The van der Waals surface area contributed by atoms with Crippen LogP contribution in [0.15, 0.2) is 24.3 Å². The molecule has 2 nitrogen and oxygen atoms in total. The van der Waals surface area contributed by atoms with Crippen LogP contribution >= 0.6 is 22.6 Å². The molecule has 86 valence electrons. The van der Waals surface area contributed by atoms with Crippen LogP contribution in [0.5, 0.6) is 0 Å². The number of Topliss-reactive ketones (excluding diaryl/α,β-unsaturated/α-hetero) is 1. The zero-order valence-corrected chi connectivity index (χ0v) is 11.6. The van der Waals surface area contributed by atoms with Crippen LogP contribution in [0.2, 0.25) is 0 Å². The quantitative estimate of drug-likeness (QED) is 0.864. The van der Waals surface area contributed by atoms with Crippen molar-refractivity contribution in [1.29, 1.82) is 0 Å². The number of nitrogens with one attached hydrogen (secondary N) is 1. The summed E-state index contributed by atoms with van der Waals surface area (Å²) in [6, 6.07) is 8.18. The Kier molecular flexibility index (Phi) is 3.64. The van der Waals surface area contributed by atoms with Crippen LogP contribution in [0.3, 0.4) is 0 Å². The van der Waals surface area contributed by atoms with Gasteiger partial charge in [-0.1, -0.05) is 12.1 Å². The van der Waals surface area contributed by atoms with Gasteiger partial charge in [-0.05, 0) is 66.6 Å². The monoisotopic (exact) mass is 329 g/mol. The third kappa shape index (κ3) is 2.63. The van der Waals surface area contributed by atoms with Gasteiger partial charge in [-0.2, -0.15) is 0 Å². The fraction of sp³-hybridized carbons (Fsp3) is 0.462. The Morgan fingerprint density at radius 2 is 2.12 bits per heavy atom. The van der Waals surface area contributed by atoms with Gasteiger partial charge in [0, 0.05) is 9.99 Å². The zero-order chi connectivity index (χ0) is 11.6. The highest BCUT2D eigenvalue weighted by Gasteiger charge is 2.35. The lowest BCUT2D eigenvalue weighted by Crippen LogP contribution is -2.45. The lowest BCUT2D eigenvalue weighted by Gasteiger charge is -2.22. The largest absolute Gasteiger partial charge is 0.305 e. The van der Waals surface area contributed by atoms with Gasteiger partial charge in [-0.3, -0.25) is 4.79 Å². The molecule has 16 heavy (non-hydrogen) atoms. The van der Waals surface area contributed by atoms with Crippen LogP contribution in [0.1, 0.15) is 25.3 Å². The highest BCUT2D eigenvalue weighted by atomic mass is 127. The minimum Gasteiger partial charge on any atom is -0.305 e. The molecule has 1 atom stereocenters. The Morgan fingerprint density at radius 1 is 1.44 bits per heavy atom. The minimum absolute atomic E-state index is 0.289. The van der Waals surface area contributed by atoms with E-state index in [0.29, 0.717) is 12.2 Å². The Hall–Kier alpha value is -0.420. The van der Waals surface area contributed by atoms with Crippen LogP contribution in [-0.4, -0.2) is 17.9 Å². The molecule has 1 N–H and O–H groups in total. The molecule has 0 bridgehead atoms. The highest BCUT2D eigenvalue weighted by Crippen LogP contribution is 2.21. The van der Waals surface area contributed by atoms with Crippen LogP contribution in [-0.2, 0) is 11.2 Å². The summed E-state index contributed by atoms with van der Waals surface area (Å²) in [5.41, 5.74) is 0.823. The van der Waals surface area contributed by atoms with Crippen LogP contribution < -0.4 is 5.32 Å². The van der Waals surface area contributed by atoms with Gasteiger partial charge in [0.1, 0.15) is 0 Å². The third-order valence-electron chi connectivity index (χ3n) is 3.26. The fourth-order valence-corrected chi connectivity index (χ4v) is 2.47. The smallest absolute Gasteiger partial charge is 0.156 e. The number of carbonyl (C=O) groups excluding carboxylic acids is 1. The predicted octanol–water partition coefficient (Wildman–Crippen LogP) is 2.54. The fourth-order valence-electron chi connectivity index (χ4n) is 2.12. The Labute approximate surface area is 110 Å². The van der Waals surface area contributed by atoms with E-state index in [0.717, 1.165) is 24.9 Å². The Bertz CT molecular complexity index is 379. The molecular formula is C13H16INO. The first-order chi connectivity index (χ1) is 7.60. The maximum atomic E-state index is 12.2. The molecule has 0 spiro atoms. The Morgan fingerprint density at radius 3 is 2.69 bits per heavy atom. The molecule has 0 aromatic heterocycles. The molecule has 1 unspecified atom stereocenters. The molecule has 1 heterocycles. The van der Waals surface area contributed by atoms with Crippen molar-refractivity contribution in [2.45, 2.75) is 31.7 Å². The van der Waals surface area contributed by atoms with Gasteiger partial charge in [0.05, 0.1) is 5.54 Å². The normalized spacial score (nSPS) is 24.6. The van der Waals surface area contributed by atoms with E-state index in [1.165, 1.54) is 3.57 Å². The van der Waals surface area contributed by atoms with Gasteiger partial charge < -0.3 is 5.32 Å². The second-order valence-electron chi connectivity index (χ2n) is 4.59. The molecule has 0 amide bonds. The zero-order valence-electron chi connectivity index (χ0n) is 9.42. The molecular weight excluding hydrogens is 313 g/mol. The molecule has 0 saturated carbocycles. The standard InChI is InChI=1S/C13H16INO/c1-13(7-2-8-15-13)12(16)9-10-3-5-11(14)6-4-10/h3-6,15H,2,7-9H2,1H3. The summed E-state index contributed by atoms with van der Waals surface area (Å²) in [7, 11) is 0. The topological polar surface area (TPSA) is 29.1 Å².